The molecule has 1 aromatic carbocycles. The molecule has 1 saturated heterocycles. The summed E-state index contributed by atoms with van der Waals surface area (Å²) in [6.45, 7) is 1.91. The number of quaternary nitrogens is 1. The second-order valence-corrected chi connectivity index (χ2v) is 4.81. The molecule has 0 atom stereocenters. The van der Waals surface area contributed by atoms with Crippen molar-refractivity contribution in [2.75, 3.05) is 19.6 Å². The molecule has 0 spiro atoms. The van der Waals surface area contributed by atoms with Gasteiger partial charge in [-0.1, -0.05) is 30.3 Å². The average molecular weight is 247 g/mol. The third kappa shape index (κ3) is 3.17. The molecule has 1 N–H and O–H groups in total. The zero-order valence-electron chi connectivity index (χ0n) is 10.2. The molecule has 4 heteroatoms. The van der Waals surface area contributed by atoms with Crippen LogP contribution in [0.15, 0.2) is 30.3 Å². The first kappa shape index (κ1) is 12.8. The zero-order chi connectivity index (χ0) is 13.0. The van der Waals surface area contributed by atoms with Crippen LogP contribution < -0.4 is 10.0 Å². The van der Waals surface area contributed by atoms with Crippen molar-refractivity contribution in [1.82, 2.24) is 0 Å². The minimum Gasteiger partial charge on any atom is -0.550 e. The van der Waals surface area contributed by atoms with Crippen LogP contribution in [0.3, 0.4) is 0 Å². The summed E-state index contributed by atoms with van der Waals surface area (Å²) in [5, 5.41) is 10.7. The maximum atomic E-state index is 12.0. The van der Waals surface area contributed by atoms with E-state index < -0.39 is 5.97 Å². The number of piperidine rings is 1. The van der Waals surface area contributed by atoms with E-state index in [9.17, 15) is 14.7 Å². The average Bonchev–Trinajstić information content (AvgIpc) is 2.40. The van der Waals surface area contributed by atoms with Crippen LogP contribution in [-0.2, 0) is 4.79 Å². The van der Waals surface area contributed by atoms with Crippen molar-refractivity contribution < 1.29 is 19.6 Å². The Kier molecular flexibility index (Phi) is 4.10. The maximum absolute atomic E-state index is 12.0. The van der Waals surface area contributed by atoms with Gasteiger partial charge in [0.2, 0.25) is 5.78 Å². The lowest BCUT2D eigenvalue weighted by molar-refractivity contribution is -0.897. The number of hydrogen-bond acceptors (Lipinski definition) is 3. The van der Waals surface area contributed by atoms with Crippen LogP contribution in [0.2, 0.25) is 0 Å². The number of aliphatic carboxylic acids is 1. The molecular formula is C14H17NO3. The van der Waals surface area contributed by atoms with E-state index in [1.54, 1.807) is 0 Å². The van der Waals surface area contributed by atoms with Crippen LogP contribution in [0.5, 0.6) is 0 Å². The lowest BCUT2D eigenvalue weighted by Gasteiger charge is -2.29. The highest BCUT2D eigenvalue weighted by Crippen LogP contribution is 2.07. The summed E-state index contributed by atoms with van der Waals surface area (Å²) in [7, 11) is 0. The summed E-state index contributed by atoms with van der Waals surface area (Å²) in [5.41, 5.74) is 0.729. The molecule has 0 bridgehead atoms. The van der Waals surface area contributed by atoms with E-state index in [-0.39, 0.29) is 11.7 Å². The number of carboxylic acids is 1. The summed E-state index contributed by atoms with van der Waals surface area (Å²) < 4.78 is 0. The Hall–Kier alpha value is -1.68. The molecule has 1 fully saturated rings. The third-order valence-electron chi connectivity index (χ3n) is 3.53. The molecule has 0 amide bonds. The van der Waals surface area contributed by atoms with Gasteiger partial charge in [0.25, 0.3) is 0 Å². The smallest absolute Gasteiger partial charge is 0.216 e. The molecule has 96 valence electrons. The Bertz CT molecular complexity index is 422. The maximum Gasteiger partial charge on any atom is 0.216 e. The Morgan fingerprint density at radius 1 is 1.17 bits per heavy atom. The van der Waals surface area contributed by atoms with Gasteiger partial charge in [0.15, 0.2) is 0 Å². The van der Waals surface area contributed by atoms with Gasteiger partial charge >= 0.3 is 0 Å². The van der Waals surface area contributed by atoms with Crippen LogP contribution in [-0.4, -0.2) is 31.4 Å². The topological polar surface area (TPSA) is 61.6 Å². The number of rotatable bonds is 4. The minimum absolute atomic E-state index is 0.123. The lowest BCUT2D eigenvalue weighted by Crippen LogP contribution is -3.14. The van der Waals surface area contributed by atoms with Gasteiger partial charge in [-0.2, -0.15) is 0 Å². The number of nitrogens with one attached hydrogen (secondary N) is 1. The summed E-state index contributed by atoms with van der Waals surface area (Å²) in [5.74, 6) is -1.17. The fraction of sp³-hybridized carbons (Fsp3) is 0.429. The number of hydrogen-bond donors (Lipinski definition) is 1. The van der Waals surface area contributed by atoms with E-state index in [4.69, 9.17) is 0 Å². The monoisotopic (exact) mass is 247 g/mol. The van der Waals surface area contributed by atoms with E-state index in [2.05, 4.69) is 0 Å². The van der Waals surface area contributed by atoms with Gasteiger partial charge in [0, 0.05) is 30.3 Å². The quantitative estimate of drug-likeness (QED) is 0.688. The normalized spacial score (nSPS) is 23.6. The summed E-state index contributed by atoms with van der Waals surface area (Å²) in [4.78, 5) is 23.9. The van der Waals surface area contributed by atoms with Crippen LogP contribution in [0.4, 0.5) is 0 Å². The largest absolute Gasteiger partial charge is 0.550 e. The number of carbonyl (C=O) groups excluding carboxylic acids is 2. The number of likely N-dealkylation sites (tertiary alicyclic amines) is 1. The van der Waals surface area contributed by atoms with E-state index in [1.807, 2.05) is 30.3 Å². The van der Waals surface area contributed by atoms with Gasteiger partial charge in [-0.15, -0.1) is 0 Å². The summed E-state index contributed by atoms with van der Waals surface area (Å²) in [6, 6.07) is 9.22. The van der Waals surface area contributed by atoms with Crippen LogP contribution in [0.25, 0.3) is 0 Å². The fourth-order valence-corrected chi connectivity index (χ4v) is 2.39. The summed E-state index contributed by atoms with van der Waals surface area (Å²) >= 11 is 0. The van der Waals surface area contributed by atoms with Gasteiger partial charge in [-0.05, 0) is 0 Å². The molecule has 1 aromatic rings. The van der Waals surface area contributed by atoms with Gasteiger partial charge in [0.05, 0.1) is 13.1 Å². The molecule has 1 heterocycles. The lowest BCUT2D eigenvalue weighted by atomic mass is 9.97. The van der Waals surface area contributed by atoms with Crippen LogP contribution in [0.1, 0.15) is 23.2 Å². The molecule has 18 heavy (non-hydrogen) atoms. The summed E-state index contributed by atoms with van der Waals surface area (Å²) in [6.07, 6.45) is 1.22. The third-order valence-corrected chi connectivity index (χ3v) is 3.53. The zero-order valence-corrected chi connectivity index (χ0v) is 10.2. The molecule has 0 radical (unpaired) electrons. The van der Waals surface area contributed by atoms with E-state index in [0.717, 1.165) is 18.7 Å². The van der Waals surface area contributed by atoms with Crippen LogP contribution in [0, 0.1) is 5.92 Å². The Labute approximate surface area is 106 Å². The first-order chi connectivity index (χ1) is 8.66. The second kappa shape index (κ2) is 5.78. The Morgan fingerprint density at radius 2 is 1.78 bits per heavy atom. The number of Topliss-reactive ketones (excluding diaryl/α,β-unsaturated/α-hetero) is 1. The van der Waals surface area contributed by atoms with Gasteiger partial charge < -0.3 is 14.8 Å². The molecule has 4 nitrogen and oxygen atoms in total. The van der Waals surface area contributed by atoms with E-state index >= 15 is 0 Å². The standard InChI is InChI=1S/C14H17NO3/c16-13(11-4-2-1-3-5-11)10-15-8-6-12(7-9-15)14(17)18/h1-5,12H,6-10H2,(H,17,18). The molecule has 1 aliphatic rings. The van der Waals surface area contributed by atoms with Crippen molar-refractivity contribution >= 4 is 11.8 Å². The number of ketones is 1. The van der Waals surface area contributed by atoms with Crippen molar-refractivity contribution in [3.05, 3.63) is 35.9 Å². The van der Waals surface area contributed by atoms with Crippen molar-refractivity contribution in [1.29, 1.82) is 0 Å². The highest BCUT2D eigenvalue weighted by molar-refractivity contribution is 5.96. The van der Waals surface area contributed by atoms with Crippen molar-refractivity contribution in [2.45, 2.75) is 12.8 Å². The highest BCUT2D eigenvalue weighted by atomic mass is 16.4. The Morgan fingerprint density at radius 3 is 2.33 bits per heavy atom. The second-order valence-electron chi connectivity index (χ2n) is 4.81. The molecule has 0 saturated carbocycles. The first-order valence-corrected chi connectivity index (χ1v) is 6.29. The number of carboxylic acid groups (broad SMARTS) is 1. The number of benzene rings is 1. The first-order valence-electron chi connectivity index (χ1n) is 6.29. The molecular weight excluding hydrogens is 230 g/mol. The molecule has 2 rings (SSSR count). The minimum atomic E-state index is -0.955. The van der Waals surface area contributed by atoms with Crippen LogP contribution >= 0.6 is 0 Å². The number of carbonyl (C=O) groups is 2. The fourth-order valence-electron chi connectivity index (χ4n) is 2.39. The van der Waals surface area contributed by atoms with E-state index in [0.29, 0.717) is 19.4 Å². The van der Waals surface area contributed by atoms with Gasteiger partial charge in [-0.25, -0.2) is 0 Å². The highest BCUT2D eigenvalue weighted by Gasteiger charge is 2.24. The van der Waals surface area contributed by atoms with Gasteiger partial charge in [0.1, 0.15) is 6.54 Å². The molecule has 0 aliphatic carbocycles. The van der Waals surface area contributed by atoms with Crippen molar-refractivity contribution in [3.8, 4) is 0 Å². The SMILES string of the molecule is O=C(C[NH+]1CCC(C(=O)[O-])CC1)c1ccccc1. The predicted molar refractivity (Wildman–Crippen MR) is 64.1 cm³/mol. The van der Waals surface area contributed by atoms with Crippen molar-refractivity contribution in [3.63, 3.8) is 0 Å². The van der Waals surface area contributed by atoms with E-state index in [1.165, 1.54) is 4.90 Å². The molecule has 0 unspecified atom stereocenters. The molecule has 0 aromatic heterocycles. The molecule has 1 aliphatic heterocycles. The van der Waals surface area contributed by atoms with Gasteiger partial charge in [-0.3, -0.25) is 4.79 Å². The Balaban J connectivity index is 1.85. The van der Waals surface area contributed by atoms with Crippen molar-refractivity contribution in [2.24, 2.45) is 5.92 Å². The predicted octanol–water partition coefficient (Wildman–Crippen LogP) is -1.09.